The number of carbonyl (C=O) groups is 1. The molecule has 0 heterocycles. The zero-order chi connectivity index (χ0) is 16.0. The van der Waals surface area contributed by atoms with Gasteiger partial charge in [-0.2, -0.15) is 4.72 Å². The largest absolute Gasteiger partial charge is 0.494 e. The zero-order valence-electron chi connectivity index (χ0n) is 12.4. The fraction of sp³-hybridized carbons (Fsp3) is 0.500. The average molecular weight is 315 g/mol. The van der Waals surface area contributed by atoms with Crippen LogP contribution >= 0.6 is 0 Å². The van der Waals surface area contributed by atoms with E-state index < -0.39 is 22.0 Å². The van der Waals surface area contributed by atoms with Crippen LogP contribution < -0.4 is 9.46 Å². The van der Waals surface area contributed by atoms with Crippen LogP contribution in [0.3, 0.4) is 0 Å². The first-order valence-electron chi connectivity index (χ1n) is 6.79. The van der Waals surface area contributed by atoms with Crippen LogP contribution in [0.4, 0.5) is 0 Å². The molecular weight excluding hydrogens is 294 g/mol. The monoisotopic (exact) mass is 315 g/mol. The maximum atomic E-state index is 12.2. The second-order valence-corrected chi connectivity index (χ2v) is 6.44. The molecule has 1 rings (SSSR count). The van der Waals surface area contributed by atoms with Gasteiger partial charge in [-0.25, -0.2) is 8.42 Å². The summed E-state index contributed by atoms with van der Waals surface area (Å²) in [6, 6.07) is 4.71. The number of hydrogen-bond acceptors (Lipinski definition) is 4. The molecule has 2 unspecified atom stereocenters. The highest BCUT2D eigenvalue weighted by Crippen LogP contribution is 2.18. The minimum Gasteiger partial charge on any atom is -0.494 e. The quantitative estimate of drug-likeness (QED) is 0.764. The van der Waals surface area contributed by atoms with Crippen LogP contribution in [-0.2, 0) is 14.8 Å². The van der Waals surface area contributed by atoms with E-state index in [0.717, 1.165) is 0 Å². The number of hydrogen-bond donors (Lipinski definition) is 2. The molecule has 1 aromatic carbocycles. The third kappa shape index (κ3) is 4.71. The molecular formula is C14H21NO5S. The predicted octanol–water partition coefficient (Wildman–Crippen LogP) is 1.86. The molecule has 0 fully saturated rings. The normalized spacial score (nSPS) is 14.4. The maximum Gasteiger partial charge on any atom is 0.322 e. The van der Waals surface area contributed by atoms with Crippen LogP contribution in [0.25, 0.3) is 0 Å². The standard InChI is InChI=1S/C14H21NO5S/c1-4-10(3)13(14(16)17)15-21(18,19)12-8-6-11(7-9-12)20-5-2/h6-10,13,15H,4-5H2,1-3H3,(H,16,17). The van der Waals surface area contributed by atoms with Gasteiger partial charge in [-0.3, -0.25) is 4.79 Å². The topological polar surface area (TPSA) is 92.7 Å². The number of benzene rings is 1. The van der Waals surface area contributed by atoms with E-state index in [1.165, 1.54) is 24.3 Å². The van der Waals surface area contributed by atoms with Gasteiger partial charge in [0.1, 0.15) is 11.8 Å². The SMILES string of the molecule is CCOc1ccc(S(=O)(=O)NC(C(=O)O)C(C)CC)cc1. The number of sulfonamides is 1. The Morgan fingerprint density at radius 2 is 1.86 bits per heavy atom. The second-order valence-electron chi connectivity index (χ2n) is 4.73. The summed E-state index contributed by atoms with van der Waals surface area (Å²) in [4.78, 5) is 11.2. The molecule has 0 saturated carbocycles. The molecule has 1 aromatic rings. The Bertz CT molecular complexity index is 568. The summed E-state index contributed by atoms with van der Waals surface area (Å²) >= 11 is 0. The van der Waals surface area contributed by atoms with Gasteiger partial charge in [0.05, 0.1) is 11.5 Å². The van der Waals surface area contributed by atoms with Crippen molar-refractivity contribution >= 4 is 16.0 Å². The molecule has 0 aliphatic heterocycles. The molecule has 118 valence electrons. The van der Waals surface area contributed by atoms with E-state index in [0.29, 0.717) is 18.8 Å². The van der Waals surface area contributed by atoms with Gasteiger partial charge >= 0.3 is 5.97 Å². The lowest BCUT2D eigenvalue weighted by molar-refractivity contribution is -0.140. The number of rotatable bonds is 8. The van der Waals surface area contributed by atoms with Crippen LogP contribution in [0, 0.1) is 5.92 Å². The first kappa shape index (κ1) is 17.5. The second kappa shape index (κ2) is 7.42. The molecule has 0 spiro atoms. The molecule has 2 N–H and O–H groups in total. The Hall–Kier alpha value is -1.60. The van der Waals surface area contributed by atoms with Crippen LogP contribution in [0.2, 0.25) is 0 Å². The minimum absolute atomic E-state index is 0.0144. The van der Waals surface area contributed by atoms with Gasteiger partial charge in [0.15, 0.2) is 0 Å². The molecule has 21 heavy (non-hydrogen) atoms. The zero-order valence-corrected chi connectivity index (χ0v) is 13.2. The van der Waals surface area contributed by atoms with Crippen molar-refractivity contribution in [1.29, 1.82) is 0 Å². The Balaban J connectivity index is 2.96. The lowest BCUT2D eigenvalue weighted by Gasteiger charge is -2.20. The highest BCUT2D eigenvalue weighted by Gasteiger charge is 2.29. The Morgan fingerprint density at radius 1 is 1.29 bits per heavy atom. The Labute approximate surface area is 125 Å². The summed E-state index contributed by atoms with van der Waals surface area (Å²) < 4.78 is 31.9. The van der Waals surface area contributed by atoms with Gasteiger partial charge in [0, 0.05) is 0 Å². The van der Waals surface area contributed by atoms with E-state index in [4.69, 9.17) is 9.84 Å². The van der Waals surface area contributed by atoms with Crippen molar-refractivity contribution in [3.05, 3.63) is 24.3 Å². The maximum absolute atomic E-state index is 12.2. The number of nitrogens with one attached hydrogen (secondary N) is 1. The predicted molar refractivity (Wildman–Crippen MR) is 78.8 cm³/mol. The van der Waals surface area contributed by atoms with E-state index >= 15 is 0 Å². The molecule has 6 nitrogen and oxygen atoms in total. The smallest absolute Gasteiger partial charge is 0.322 e. The van der Waals surface area contributed by atoms with Crippen LogP contribution in [0.5, 0.6) is 5.75 Å². The fourth-order valence-electron chi connectivity index (χ4n) is 1.76. The van der Waals surface area contributed by atoms with Crippen LogP contribution in [-0.4, -0.2) is 32.1 Å². The van der Waals surface area contributed by atoms with Crippen molar-refractivity contribution in [3.8, 4) is 5.75 Å². The minimum atomic E-state index is -3.88. The number of aliphatic carboxylic acids is 1. The van der Waals surface area contributed by atoms with Gasteiger partial charge in [-0.15, -0.1) is 0 Å². The summed E-state index contributed by atoms with van der Waals surface area (Å²) in [5.74, 6) is -0.924. The van der Waals surface area contributed by atoms with Gasteiger partial charge in [-0.05, 0) is 37.1 Å². The first-order valence-corrected chi connectivity index (χ1v) is 8.28. The summed E-state index contributed by atoms with van der Waals surface area (Å²) in [5, 5.41) is 9.15. The molecule has 0 aromatic heterocycles. The van der Waals surface area contributed by atoms with Gasteiger partial charge < -0.3 is 9.84 Å². The van der Waals surface area contributed by atoms with Crippen LogP contribution in [0.15, 0.2) is 29.2 Å². The summed E-state index contributed by atoms with van der Waals surface area (Å²) in [7, 11) is -3.88. The number of carboxylic acids is 1. The molecule has 0 saturated heterocycles. The molecule has 0 aliphatic carbocycles. The number of carboxylic acid groups (broad SMARTS) is 1. The van der Waals surface area contributed by atoms with Crippen molar-refractivity contribution in [1.82, 2.24) is 4.72 Å². The summed E-state index contributed by atoms with van der Waals surface area (Å²) in [5.41, 5.74) is 0. The van der Waals surface area contributed by atoms with E-state index in [2.05, 4.69) is 4.72 Å². The van der Waals surface area contributed by atoms with E-state index in [1.54, 1.807) is 6.92 Å². The average Bonchev–Trinajstić information content (AvgIpc) is 2.44. The van der Waals surface area contributed by atoms with Crippen LogP contribution in [0.1, 0.15) is 27.2 Å². The first-order chi connectivity index (χ1) is 9.81. The fourth-order valence-corrected chi connectivity index (χ4v) is 3.06. The Morgan fingerprint density at radius 3 is 2.29 bits per heavy atom. The van der Waals surface area contributed by atoms with Crippen molar-refractivity contribution in [2.24, 2.45) is 5.92 Å². The van der Waals surface area contributed by atoms with E-state index in [1.807, 2.05) is 13.8 Å². The third-order valence-electron chi connectivity index (χ3n) is 3.21. The van der Waals surface area contributed by atoms with Gasteiger partial charge in [0.2, 0.25) is 10.0 Å². The molecule has 0 bridgehead atoms. The summed E-state index contributed by atoms with van der Waals surface area (Å²) in [6.07, 6.45) is 0.558. The lowest BCUT2D eigenvalue weighted by atomic mass is 10.0. The van der Waals surface area contributed by atoms with Crippen molar-refractivity contribution in [2.75, 3.05) is 6.61 Å². The van der Waals surface area contributed by atoms with Crippen molar-refractivity contribution < 1.29 is 23.1 Å². The van der Waals surface area contributed by atoms with Gasteiger partial charge in [-0.1, -0.05) is 20.3 Å². The van der Waals surface area contributed by atoms with Crippen molar-refractivity contribution in [3.63, 3.8) is 0 Å². The molecule has 2 atom stereocenters. The summed E-state index contributed by atoms with van der Waals surface area (Å²) in [6.45, 7) is 5.82. The van der Waals surface area contributed by atoms with E-state index in [-0.39, 0.29) is 10.8 Å². The van der Waals surface area contributed by atoms with E-state index in [9.17, 15) is 13.2 Å². The molecule has 0 radical (unpaired) electrons. The van der Waals surface area contributed by atoms with Crippen molar-refractivity contribution in [2.45, 2.75) is 38.1 Å². The molecule has 0 aliphatic rings. The molecule has 7 heteroatoms. The lowest BCUT2D eigenvalue weighted by Crippen LogP contribution is -2.44. The highest BCUT2D eigenvalue weighted by atomic mass is 32.2. The third-order valence-corrected chi connectivity index (χ3v) is 4.66. The number of ether oxygens (including phenoxy) is 1. The van der Waals surface area contributed by atoms with Gasteiger partial charge in [0.25, 0.3) is 0 Å². The highest BCUT2D eigenvalue weighted by molar-refractivity contribution is 7.89. The molecule has 0 amide bonds. The Kier molecular flexibility index (Phi) is 6.17.